The number of carboxylic acid groups (broad SMARTS) is 1. The molecule has 2 aliphatic heterocycles. The summed E-state index contributed by atoms with van der Waals surface area (Å²) >= 11 is 6.89. The summed E-state index contributed by atoms with van der Waals surface area (Å²) in [5, 5.41) is 19.7. The molecule has 2 saturated heterocycles. The first-order valence-corrected chi connectivity index (χ1v) is 21.7. The van der Waals surface area contributed by atoms with Gasteiger partial charge in [0.1, 0.15) is 42.6 Å². The quantitative estimate of drug-likeness (QED) is 0.0972. The molecule has 0 bridgehead atoms. The standard InChI is InChI=1S/C48H58ClN5O6/c1-5-53(6-2)47(55)37-14-11-19-52(29-37)20-12-22-58-44-18-10-16-41(34(44)4)40-15-9-13-38(33(40)3)32-60-46-25-45(59-31-36-23-35(26-50)27-51-28-36)39(24-42(46)49)30-54-21-8-7-17-43(54)48(56)57/h9-10,13,15-16,18,23-25,27-28,37,43H,5-8,11-12,14,17,19-22,29-32H2,1-4H3,(H,56,57)/t37?,43-/m0/s1. The molecule has 1 amide bonds. The number of rotatable bonds is 18. The van der Waals surface area contributed by atoms with Crippen molar-refractivity contribution in [3.8, 4) is 34.4 Å². The number of nitrogens with zero attached hydrogens (tertiary/aromatic N) is 5. The smallest absolute Gasteiger partial charge is 0.320 e. The predicted octanol–water partition coefficient (Wildman–Crippen LogP) is 8.84. The van der Waals surface area contributed by atoms with E-state index in [9.17, 15) is 20.0 Å². The highest BCUT2D eigenvalue weighted by molar-refractivity contribution is 6.32. The van der Waals surface area contributed by atoms with Crippen LogP contribution < -0.4 is 14.2 Å². The predicted molar refractivity (Wildman–Crippen MR) is 233 cm³/mol. The maximum atomic E-state index is 13.0. The van der Waals surface area contributed by atoms with E-state index in [1.165, 1.54) is 6.20 Å². The molecule has 2 atom stereocenters. The van der Waals surface area contributed by atoms with E-state index in [4.69, 9.17) is 25.8 Å². The Balaban J connectivity index is 1.13. The van der Waals surface area contributed by atoms with Gasteiger partial charge < -0.3 is 29.1 Å². The summed E-state index contributed by atoms with van der Waals surface area (Å²) < 4.78 is 19.1. The Morgan fingerprint density at radius 1 is 0.883 bits per heavy atom. The molecule has 3 heterocycles. The van der Waals surface area contributed by atoms with Gasteiger partial charge in [0.15, 0.2) is 0 Å². The van der Waals surface area contributed by atoms with Crippen LogP contribution in [0.25, 0.3) is 11.1 Å². The molecule has 1 unspecified atom stereocenters. The van der Waals surface area contributed by atoms with Gasteiger partial charge in [0.2, 0.25) is 5.91 Å². The minimum atomic E-state index is -0.835. The lowest BCUT2D eigenvalue weighted by Gasteiger charge is -2.34. The monoisotopic (exact) mass is 835 g/mol. The summed E-state index contributed by atoms with van der Waals surface area (Å²) in [5.41, 5.74) is 7.24. The van der Waals surface area contributed by atoms with E-state index >= 15 is 0 Å². The summed E-state index contributed by atoms with van der Waals surface area (Å²) in [4.78, 5) is 35.6. The van der Waals surface area contributed by atoms with Crippen molar-refractivity contribution in [2.75, 3.05) is 45.9 Å². The van der Waals surface area contributed by atoms with E-state index in [0.717, 1.165) is 110 Å². The van der Waals surface area contributed by atoms with E-state index in [0.29, 0.717) is 48.2 Å². The van der Waals surface area contributed by atoms with E-state index < -0.39 is 12.0 Å². The Morgan fingerprint density at radius 2 is 1.65 bits per heavy atom. The maximum absolute atomic E-state index is 13.0. The number of halogens is 1. The van der Waals surface area contributed by atoms with E-state index in [2.05, 4.69) is 41.9 Å². The summed E-state index contributed by atoms with van der Waals surface area (Å²) in [7, 11) is 0. The number of carbonyl (C=O) groups excluding carboxylic acids is 1. The molecule has 0 radical (unpaired) electrons. The molecule has 0 saturated carbocycles. The van der Waals surface area contributed by atoms with Crippen LogP contribution >= 0.6 is 11.6 Å². The molecule has 1 N–H and O–H groups in total. The molecular weight excluding hydrogens is 778 g/mol. The summed E-state index contributed by atoms with van der Waals surface area (Å²) in [6.07, 6.45) is 8.42. The van der Waals surface area contributed by atoms with Crippen molar-refractivity contribution in [1.82, 2.24) is 19.7 Å². The molecule has 2 fully saturated rings. The number of carboxylic acids is 1. The Morgan fingerprint density at radius 3 is 2.42 bits per heavy atom. The largest absolute Gasteiger partial charge is 0.493 e. The Labute approximate surface area is 359 Å². The highest BCUT2D eigenvalue weighted by Gasteiger charge is 2.30. The van der Waals surface area contributed by atoms with Crippen LogP contribution in [0.3, 0.4) is 0 Å². The number of pyridine rings is 1. The van der Waals surface area contributed by atoms with Crippen molar-refractivity contribution in [2.24, 2.45) is 5.92 Å². The van der Waals surface area contributed by atoms with Crippen molar-refractivity contribution in [1.29, 1.82) is 5.26 Å². The Hall–Kier alpha value is -5.15. The zero-order valence-corrected chi connectivity index (χ0v) is 36.2. The minimum absolute atomic E-state index is 0.0832. The van der Waals surface area contributed by atoms with Crippen molar-refractivity contribution in [3.05, 3.63) is 105 Å². The molecule has 0 aliphatic carbocycles. The minimum Gasteiger partial charge on any atom is -0.493 e. The van der Waals surface area contributed by atoms with Crippen LogP contribution in [0.15, 0.2) is 67.0 Å². The fraction of sp³-hybridized carbons (Fsp3) is 0.458. The van der Waals surface area contributed by atoms with E-state index in [1.807, 2.05) is 47.9 Å². The molecule has 0 spiro atoms. The van der Waals surface area contributed by atoms with Gasteiger partial charge in [-0.2, -0.15) is 5.26 Å². The van der Waals surface area contributed by atoms with Crippen LogP contribution in [0.5, 0.6) is 17.2 Å². The van der Waals surface area contributed by atoms with Gasteiger partial charge in [-0.05, 0) is 119 Å². The number of ether oxygens (including phenoxy) is 3. The first-order valence-electron chi connectivity index (χ1n) is 21.3. The number of nitriles is 1. The van der Waals surface area contributed by atoms with Gasteiger partial charge in [-0.15, -0.1) is 0 Å². The van der Waals surface area contributed by atoms with Crippen LogP contribution in [0.2, 0.25) is 5.02 Å². The zero-order valence-electron chi connectivity index (χ0n) is 35.4. The van der Waals surface area contributed by atoms with Gasteiger partial charge in [-0.3, -0.25) is 19.5 Å². The first kappa shape index (κ1) is 44.4. The number of piperidine rings is 2. The molecule has 1 aromatic heterocycles. The SMILES string of the molecule is CCN(CC)C(=O)C1CCCN(CCCOc2cccc(-c3cccc(COc4cc(OCc5cncc(C#N)c5)c(CN5CCCC[C@H]5C(=O)O)cc4Cl)c3C)c2C)C1. The number of carbonyl (C=O) groups is 2. The Bertz CT molecular complexity index is 2150. The normalized spacial score (nSPS) is 17.1. The van der Waals surface area contributed by atoms with Crippen LogP contribution in [0, 0.1) is 31.1 Å². The van der Waals surface area contributed by atoms with Crippen LogP contribution in [-0.2, 0) is 29.3 Å². The van der Waals surface area contributed by atoms with Crippen LogP contribution in [0.4, 0.5) is 0 Å². The summed E-state index contributed by atoms with van der Waals surface area (Å²) in [5.74, 6) is 1.36. The lowest BCUT2D eigenvalue weighted by Crippen LogP contribution is -2.45. The van der Waals surface area contributed by atoms with Crippen molar-refractivity contribution >= 4 is 23.5 Å². The number of hydrogen-bond donors (Lipinski definition) is 1. The summed E-state index contributed by atoms with van der Waals surface area (Å²) in [6, 6.07) is 19.2. The summed E-state index contributed by atoms with van der Waals surface area (Å²) in [6.45, 7) is 14.6. The van der Waals surface area contributed by atoms with Crippen LogP contribution in [0.1, 0.15) is 85.8 Å². The van der Waals surface area contributed by atoms with Gasteiger partial charge in [-0.25, -0.2) is 0 Å². The zero-order chi connectivity index (χ0) is 42.6. The highest BCUT2D eigenvalue weighted by Crippen LogP contribution is 2.37. The van der Waals surface area contributed by atoms with Gasteiger partial charge >= 0.3 is 5.97 Å². The van der Waals surface area contributed by atoms with E-state index in [1.54, 1.807) is 24.4 Å². The van der Waals surface area contributed by atoms with Gasteiger partial charge in [0, 0.05) is 62.3 Å². The van der Waals surface area contributed by atoms with Gasteiger partial charge in [0.25, 0.3) is 0 Å². The van der Waals surface area contributed by atoms with Gasteiger partial charge in [-0.1, -0.05) is 48.4 Å². The molecule has 4 aromatic rings. The van der Waals surface area contributed by atoms with Crippen molar-refractivity contribution < 1.29 is 28.9 Å². The molecule has 6 rings (SSSR count). The van der Waals surface area contributed by atoms with E-state index in [-0.39, 0.29) is 25.0 Å². The van der Waals surface area contributed by atoms with Crippen molar-refractivity contribution in [2.45, 2.75) is 92.0 Å². The average molecular weight is 836 g/mol. The second kappa shape index (κ2) is 21.4. The topological polar surface area (TPSA) is 128 Å². The average Bonchev–Trinajstić information content (AvgIpc) is 3.26. The number of aliphatic carboxylic acids is 1. The fourth-order valence-corrected chi connectivity index (χ4v) is 8.73. The number of benzene rings is 3. The lowest BCUT2D eigenvalue weighted by molar-refractivity contribution is -0.145. The molecule has 3 aromatic carbocycles. The molecule has 11 nitrogen and oxygen atoms in total. The third-order valence-corrected chi connectivity index (χ3v) is 12.2. The third-order valence-electron chi connectivity index (χ3n) is 11.9. The lowest BCUT2D eigenvalue weighted by atomic mass is 9.93. The molecule has 318 valence electrons. The first-order chi connectivity index (χ1) is 29.1. The fourth-order valence-electron chi connectivity index (χ4n) is 8.49. The van der Waals surface area contributed by atoms with Gasteiger partial charge in [0.05, 0.1) is 23.1 Å². The van der Waals surface area contributed by atoms with Crippen LogP contribution in [-0.4, -0.2) is 88.6 Å². The second-order valence-electron chi connectivity index (χ2n) is 15.9. The maximum Gasteiger partial charge on any atom is 0.320 e. The third kappa shape index (κ3) is 11.2. The number of likely N-dealkylation sites (tertiary alicyclic amines) is 2. The molecule has 60 heavy (non-hydrogen) atoms. The molecule has 12 heteroatoms. The number of hydrogen-bond acceptors (Lipinski definition) is 9. The second-order valence-corrected chi connectivity index (χ2v) is 16.3. The van der Waals surface area contributed by atoms with Crippen molar-refractivity contribution in [3.63, 3.8) is 0 Å². The molecule has 2 aliphatic rings. The number of amides is 1. The molecular formula is C48H58ClN5O6. The number of aromatic nitrogens is 1. The Kier molecular flexibility index (Phi) is 15.8. The highest BCUT2D eigenvalue weighted by atomic mass is 35.5.